The Bertz CT molecular complexity index is 1310. The van der Waals surface area contributed by atoms with E-state index in [-0.39, 0.29) is 45.9 Å². The number of hydrogen-bond acceptors (Lipinski definition) is 3. The molecule has 0 aliphatic heterocycles. The molecule has 2 rings (SSSR count). The summed E-state index contributed by atoms with van der Waals surface area (Å²) in [6, 6.07) is 4.66. The van der Waals surface area contributed by atoms with Gasteiger partial charge in [0.2, 0.25) is 0 Å². The van der Waals surface area contributed by atoms with Crippen molar-refractivity contribution >= 4 is 17.8 Å². The zero-order valence-corrected chi connectivity index (χ0v) is 25.2. The smallest absolute Gasteiger partial charge is 0.416 e. The SMILES string of the molecule is CC(C)c1cc(C(C)C)c(C(F)(F)F)cc1C(=O)N=C(N)N.COC(=O)c1cc(C(F)(F)F)c(C(C)C)cc1C(C)C. The first kappa shape index (κ1) is 36.5. The molecule has 0 heterocycles. The van der Waals surface area contributed by atoms with Crippen molar-refractivity contribution in [3.05, 3.63) is 68.8 Å². The van der Waals surface area contributed by atoms with Crippen molar-refractivity contribution in [2.75, 3.05) is 7.11 Å². The normalized spacial score (nSPS) is 12.0. The first-order valence-electron chi connectivity index (χ1n) is 13.3. The third-order valence-electron chi connectivity index (χ3n) is 6.41. The molecule has 0 unspecified atom stereocenters. The number of nitrogens with two attached hydrogens (primary N) is 2. The average Bonchev–Trinajstić information content (AvgIpc) is 2.85. The summed E-state index contributed by atoms with van der Waals surface area (Å²) in [5.74, 6) is -2.92. The summed E-state index contributed by atoms with van der Waals surface area (Å²) in [5.41, 5.74) is 9.97. The lowest BCUT2D eigenvalue weighted by Crippen LogP contribution is -2.25. The lowest BCUT2D eigenvalue weighted by Gasteiger charge is -2.20. The quantitative estimate of drug-likeness (QED) is 0.150. The minimum Gasteiger partial charge on any atom is -0.465 e. The fourth-order valence-electron chi connectivity index (χ4n) is 4.32. The molecule has 0 fully saturated rings. The molecule has 0 saturated heterocycles. The number of nitrogens with zero attached hydrogens (tertiary/aromatic N) is 1. The highest BCUT2D eigenvalue weighted by Crippen LogP contribution is 2.40. The Labute approximate surface area is 242 Å². The van der Waals surface area contributed by atoms with Crippen molar-refractivity contribution in [2.45, 2.75) is 91.4 Å². The maximum absolute atomic E-state index is 13.3. The van der Waals surface area contributed by atoms with E-state index < -0.39 is 41.3 Å². The van der Waals surface area contributed by atoms with Crippen LogP contribution in [0.15, 0.2) is 29.3 Å². The standard InChI is InChI=1S/C15H20F3N3O.C15H19F3O2/c1-7(2)9-5-10(8(3)4)12(15(16,17)18)6-11(9)13(22)21-14(19)20;1-8(2)10-6-11(9(3)4)13(15(16,17)18)7-12(10)14(19)20-5/h5-8H,1-4H3,(H4,19,20,21,22);6-9H,1-5H3. The summed E-state index contributed by atoms with van der Waals surface area (Å²) in [5, 5.41) is 0. The molecule has 2 aromatic rings. The number of halogens is 6. The van der Waals surface area contributed by atoms with E-state index in [4.69, 9.17) is 11.5 Å². The molecule has 0 radical (unpaired) electrons. The molecular formula is C30H39F6N3O3. The Morgan fingerprint density at radius 1 is 0.643 bits per heavy atom. The van der Waals surface area contributed by atoms with Crippen LogP contribution < -0.4 is 11.5 Å². The number of aliphatic imine (C=N–C) groups is 1. The van der Waals surface area contributed by atoms with Crippen LogP contribution in [0.5, 0.6) is 0 Å². The van der Waals surface area contributed by atoms with Crippen molar-refractivity contribution in [3.8, 4) is 0 Å². The Balaban J connectivity index is 0.000000422. The molecule has 1 amide bonds. The summed E-state index contributed by atoms with van der Waals surface area (Å²) in [7, 11) is 1.16. The molecule has 0 saturated carbocycles. The fraction of sp³-hybridized carbons (Fsp3) is 0.500. The molecule has 0 aromatic heterocycles. The molecule has 0 aliphatic rings. The molecule has 0 aliphatic carbocycles. The molecule has 234 valence electrons. The predicted octanol–water partition coefficient (Wildman–Crippen LogP) is 8.10. The van der Waals surface area contributed by atoms with Crippen molar-refractivity contribution in [1.29, 1.82) is 0 Å². The fourth-order valence-corrected chi connectivity index (χ4v) is 4.32. The van der Waals surface area contributed by atoms with Crippen molar-refractivity contribution in [1.82, 2.24) is 0 Å². The maximum atomic E-state index is 13.3. The van der Waals surface area contributed by atoms with Gasteiger partial charge in [0.1, 0.15) is 0 Å². The number of benzene rings is 2. The van der Waals surface area contributed by atoms with Gasteiger partial charge in [0.05, 0.1) is 23.8 Å². The molecule has 0 atom stereocenters. The van der Waals surface area contributed by atoms with E-state index in [0.717, 1.165) is 19.2 Å². The van der Waals surface area contributed by atoms with E-state index in [9.17, 15) is 35.9 Å². The van der Waals surface area contributed by atoms with E-state index >= 15 is 0 Å². The summed E-state index contributed by atoms with van der Waals surface area (Å²) in [6.45, 7) is 14.0. The molecular weight excluding hydrogens is 564 g/mol. The van der Waals surface area contributed by atoms with Gasteiger partial charge in [0.25, 0.3) is 5.91 Å². The van der Waals surface area contributed by atoms with E-state index in [2.05, 4.69) is 9.73 Å². The number of rotatable bonds is 6. The van der Waals surface area contributed by atoms with Gasteiger partial charge in [-0.25, -0.2) is 4.79 Å². The van der Waals surface area contributed by atoms with Crippen LogP contribution >= 0.6 is 0 Å². The lowest BCUT2D eigenvalue weighted by molar-refractivity contribution is -0.139. The molecule has 0 spiro atoms. The number of ether oxygens (including phenoxy) is 1. The molecule has 6 nitrogen and oxygen atoms in total. The molecule has 42 heavy (non-hydrogen) atoms. The monoisotopic (exact) mass is 603 g/mol. The van der Waals surface area contributed by atoms with E-state index in [0.29, 0.717) is 11.1 Å². The number of hydrogen-bond donors (Lipinski definition) is 2. The van der Waals surface area contributed by atoms with Gasteiger partial charge in [-0.15, -0.1) is 0 Å². The zero-order valence-electron chi connectivity index (χ0n) is 25.2. The molecule has 4 N–H and O–H groups in total. The van der Waals surface area contributed by atoms with Gasteiger partial charge in [-0.3, -0.25) is 4.79 Å². The second-order valence-electron chi connectivity index (χ2n) is 11.0. The largest absolute Gasteiger partial charge is 0.465 e. The Hall–Kier alpha value is -3.57. The van der Waals surface area contributed by atoms with E-state index in [1.54, 1.807) is 41.5 Å². The van der Waals surface area contributed by atoms with Gasteiger partial charge in [0.15, 0.2) is 5.96 Å². The predicted molar refractivity (Wildman–Crippen MR) is 151 cm³/mol. The minimum atomic E-state index is -4.55. The Kier molecular flexibility index (Phi) is 12.2. The average molecular weight is 604 g/mol. The van der Waals surface area contributed by atoms with Crippen LogP contribution in [0.1, 0.15) is 133 Å². The van der Waals surface area contributed by atoms with Crippen molar-refractivity contribution in [2.24, 2.45) is 16.5 Å². The summed E-state index contributed by atoms with van der Waals surface area (Å²) in [4.78, 5) is 27.1. The minimum absolute atomic E-state index is 0.0146. The zero-order chi connectivity index (χ0) is 32.9. The van der Waals surface area contributed by atoms with Gasteiger partial charge in [-0.2, -0.15) is 31.3 Å². The first-order chi connectivity index (χ1) is 19.0. The third-order valence-corrected chi connectivity index (χ3v) is 6.41. The van der Waals surface area contributed by atoms with Crippen LogP contribution in [0.25, 0.3) is 0 Å². The number of alkyl halides is 6. The molecule has 12 heteroatoms. The van der Waals surface area contributed by atoms with Crippen molar-refractivity contribution < 1.29 is 40.7 Å². The molecule has 2 aromatic carbocycles. The summed E-state index contributed by atoms with van der Waals surface area (Å²) >= 11 is 0. The van der Waals surface area contributed by atoms with Gasteiger partial charge >= 0.3 is 18.3 Å². The topological polar surface area (TPSA) is 108 Å². The Morgan fingerprint density at radius 3 is 1.26 bits per heavy atom. The van der Waals surface area contributed by atoms with Crippen molar-refractivity contribution in [3.63, 3.8) is 0 Å². The van der Waals surface area contributed by atoms with Crippen LogP contribution in [0.3, 0.4) is 0 Å². The highest BCUT2D eigenvalue weighted by molar-refractivity contribution is 6.03. The number of carbonyl (C=O) groups is 2. The molecule has 0 bridgehead atoms. The maximum Gasteiger partial charge on any atom is 0.416 e. The number of guanidine groups is 1. The van der Waals surface area contributed by atoms with Crippen LogP contribution in [0.4, 0.5) is 26.3 Å². The summed E-state index contributed by atoms with van der Waals surface area (Å²) in [6.07, 6.45) is -9.04. The van der Waals surface area contributed by atoms with Gasteiger partial charge in [0, 0.05) is 5.56 Å². The highest BCUT2D eigenvalue weighted by atomic mass is 19.4. The van der Waals surface area contributed by atoms with Gasteiger partial charge < -0.3 is 16.2 Å². The van der Waals surface area contributed by atoms with Crippen LogP contribution in [0, 0.1) is 0 Å². The van der Waals surface area contributed by atoms with Gasteiger partial charge in [-0.1, -0.05) is 67.5 Å². The van der Waals surface area contributed by atoms with E-state index in [1.807, 2.05) is 13.8 Å². The first-order valence-corrected chi connectivity index (χ1v) is 13.3. The summed E-state index contributed by atoms with van der Waals surface area (Å²) < 4.78 is 83.8. The van der Waals surface area contributed by atoms with Gasteiger partial charge in [-0.05, 0) is 58.1 Å². The third kappa shape index (κ3) is 9.22. The highest BCUT2D eigenvalue weighted by Gasteiger charge is 2.37. The number of esters is 1. The van der Waals surface area contributed by atoms with Crippen LogP contribution in [0.2, 0.25) is 0 Å². The lowest BCUT2D eigenvalue weighted by atomic mass is 9.87. The second-order valence-corrected chi connectivity index (χ2v) is 11.0. The number of methoxy groups -OCH3 is 1. The van der Waals surface area contributed by atoms with Crippen LogP contribution in [-0.2, 0) is 17.1 Å². The second kappa shape index (κ2) is 14.1. The van der Waals surface area contributed by atoms with Crippen LogP contribution in [-0.4, -0.2) is 24.9 Å². The van der Waals surface area contributed by atoms with E-state index in [1.165, 1.54) is 12.1 Å². The number of carbonyl (C=O) groups excluding carboxylic acids is 2. The Morgan fingerprint density at radius 2 is 0.976 bits per heavy atom. The number of amides is 1.